The van der Waals surface area contributed by atoms with Gasteiger partial charge in [0, 0.05) is 24.2 Å². The number of aromatic nitrogens is 2. The van der Waals surface area contributed by atoms with Crippen molar-refractivity contribution in [3.8, 4) is 11.3 Å². The molecule has 1 aromatic carbocycles. The van der Waals surface area contributed by atoms with Crippen molar-refractivity contribution < 1.29 is 4.79 Å². The second-order valence-corrected chi connectivity index (χ2v) is 8.41. The summed E-state index contributed by atoms with van der Waals surface area (Å²) in [7, 11) is 0. The highest BCUT2D eigenvalue weighted by molar-refractivity contribution is 6.33. The lowest BCUT2D eigenvalue weighted by atomic mass is 9.83. The molecule has 2 fully saturated rings. The van der Waals surface area contributed by atoms with E-state index in [0.717, 1.165) is 12.0 Å². The molecule has 0 bridgehead atoms. The van der Waals surface area contributed by atoms with E-state index in [9.17, 15) is 9.59 Å². The van der Waals surface area contributed by atoms with Gasteiger partial charge in [-0.25, -0.2) is 4.68 Å². The van der Waals surface area contributed by atoms with Crippen LogP contribution in [0.15, 0.2) is 41.2 Å². The lowest BCUT2D eigenvalue weighted by Gasteiger charge is -2.44. The van der Waals surface area contributed by atoms with Crippen LogP contribution in [-0.4, -0.2) is 46.3 Å². The molecule has 6 nitrogen and oxygen atoms in total. The molecule has 1 N–H and O–H groups in total. The predicted molar refractivity (Wildman–Crippen MR) is 114 cm³/mol. The highest BCUT2D eigenvalue weighted by atomic mass is 35.5. The Balaban J connectivity index is 1.40. The van der Waals surface area contributed by atoms with Crippen LogP contribution in [-0.2, 0) is 11.3 Å². The van der Waals surface area contributed by atoms with E-state index in [0.29, 0.717) is 29.2 Å². The molecule has 1 amide bonds. The summed E-state index contributed by atoms with van der Waals surface area (Å²) in [6.45, 7) is 2.95. The van der Waals surface area contributed by atoms with E-state index in [4.69, 9.17) is 11.6 Å². The Labute approximate surface area is 175 Å². The average molecular weight is 415 g/mol. The zero-order valence-corrected chi connectivity index (χ0v) is 17.3. The number of piperidine rings is 2. The van der Waals surface area contributed by atoms with Crippen molar-refractivity contribution in [1.82, 2.24) is 20.0 Å². The molecule has 29 heavy (non-hydrogen) atoms. The van der Waals surface area contributed by atoms with Gasteiger partial charge in [0.05, 0.1) is 10.7 Å². The molecule has 2 aliphatic rings. The molecule has 0 aliphatic carbocycles. The van der Waals surface area contributed by atoms with Gasteiger partial charge < -0.3 is 10.2 Å². The number of halogens is 1. The van der Waals surface area contributed by atoms with Gasteiger partial charge in [-0.2, -0.15) is 5.10 Å². The molecule has 2 atom stereocenters. The number of nitrogens with zero attached hydrogens (tertiary/aromatic N) is 3. The van der Waals surface area contributed by atoms with Crippen molar-refractivity contribution in [3.05, 3.63) is 51.8 Å². The molecule has 0 unspecified atom stereocenters. The molecule has 154 valence electrons. The number of carbonyl (C=O) groups is 1. The number of carbonyl (C=O) groups excluding carboxylic acids is 1. The highest BCUT2D eigenvalue weighted by Crippen LogP contribution is 2.30. The molecule has 2 saturated heterocycles. The van der Waals surface area contributed by atoms with Crippen LogP contribution in [0.25, 0.3) is 11.3 Å². The Kier molecular flexibility index (Phi) is 6.31. The van der Waals surface area contributed by atoms with Crippen LogP contribution in [0.2, 0.25) is 5.02 Å². The predicted octanol–water partition coefficient (Wildman–Crippen LogP) is 2.94. The first-order valence-corrected chi connectivity index (χ1v) is 10.8. The first kappa shape index (κ1) is 20.1. The Hall–Kier alpha value is -2.18. The first-order valence-electron chi connectivity index (χ1n) is 10.5. The highest BCUT2D eigenvalue weighted by Gasteiger charge is 2.32. The summed E-state index contributed by atoms with van der Waals surface area (Å²) in [5.74, 6) is 0.316. The van der Waals surface area contributed by atoms with Gasteiger partial charge >= 0.3 is 0 Å². The van der Waals surface area contributed by atoms with Crippen LogP contribution in [0.3, 0.4) is 0 Å². The molecule has 7 heteroatoms. The minimum atomic E-state index is -0.299. The number of hydrogen-bond acceptors (Lipinski definition) is 4. The summed E-state index contributed by atoms with van der Waals surface area (Å²) in [4.78, 5) is 27.3. The zero-order valence-electron chi connectivity index (χ0n) is 16.5. The zero-order chi connectivity index (χ0) is 20.2. The van der Waals surface area contributed by atoms with Gasteiger partial charge in [-0.3, -0.25) is 9.59 Å². The van der Waals surface area contributed by atoms with Crippen molar-refractivity contribution in [2.45, 2.75) is 44.7 Å². The van der Waals surface area contributed by atoms with Crippen LogP contribution < -0.4 is 10.9 Å². The van der Waals surface area contributed by atoms with E-state index >= 15 is 0 Å². The Bertz CT molecular complexity index is 927. The molecule has 2 aliphatic heterocycles. The minimum absolute atomic E-state index is 0.0851. The van der Waals surface area contributed by atoms with Gasteiger partial charge in [-0.05, 0) is 56.8 Å². The van der Waals surface area contributed by atoms with Crippen molar-refractivity contribution in [2.24, 2.45) is 5.92 Å². The molecule has 4 rings (SSSR count). The fraction of sp³-hybridized carbons (Fsp3) is 0.500. The fourth-order valence-electron chi connectivity index (χ4n) is 4.63. The molecule has 0 spiro atoms. The third-order valence-electron chi connectivity index (χ3n) is 6.10. The molecule has 3 heterocycles. The summed E-state index contributed by atoms with van der Waals surface area (Å²) in [5, 5.41) is 7.95. The van der Waals surface area contributed by atoms with Crippen molar-refractivity contribution in [1.29, 1.82) is 0 Å². The van der Waals surface area contributed by atoms with E-state index < -0.39 is 0 Å². The van der Waals surface area contributed by atoms with Gasteiger partial charge in [0.25, 0.3) is 5.56 Å². The van der Waals surface area contributed by atoms with Gasteiger partial charge in [-0.15, -0.1) is 0 Å². The monoisotopic (exact) mass is 414 g/mol. The first-order chi connectivity index (χ1) is 14.1. The Morgan fingerprint density at radius 3 is 2.79 bits per heavy atom. The van der Waals surface area contributed by atoms with E-state index in [1.54, 1.807) is 12.1 Å². The number of benzene rings is 1. The van der Waals surface area contributed by atoms with Crippen LogP contribution in [0, 0.1) is 5.92 Å². The van der Waals surface area contributed by atoms with Crippen molar-refractivity contribution >= 4 is 17.5 Å². The SMILES string of the molecule is O=C(Cn1nc(-c2ccccc2Cl)ccc1=O)NC[C@@H]1CCCN2CCCC[C@H]12. The van der Waals surface area contributed by atoms with Crippen molar-refractivity contribution in [2.75, 3.05) is 19.6 Å². The molecule has 1 aromatic heterocycles. The summed E-state index contributed by atoms with van der Waals surface area (Å²) in [5.41, 5.74) is 1.02. The normalized spacial score (nSPS) is 22.1. The summed E-state index contributed by atoms with van der Waals surface area (Å²) in [6, 6.07) is 11.0. The lowest BCUT2D eigenvalue weighted by Crippen LogP contribution is -2.51. The molecular weight excluding hydrogens is 388 g/mol. The topological polar surface area (TPSA) is 67.2 Å². The van der Waals surface area contributed by atoms with E-state index in [-0.39, 0.29) is 18.0 Å². The maximum absolute atomic E-state index is 12.5. The van der Waals surface area contributed by atoms with E-state index in [2.05, 4.69) is 15.3 Å². The number of rotatable bonds is 5. The second-order valence-electron chi connectivity index (χ2n) is 8.00. The maximum atomic E-state index is 12.5. The van der Waals surface area contributed by atoms with Crippen LogP contribution in [0.4, 0.5) is 0 Å². The third kappa shape index (κ3) is 4.70. The quantitative estimate of drug-likeness (QED) is 0.816. The Morgan fingerprint density at radius 1 is 1.10 bits per heavy atom. The molecule has 0 radical (unpaired) electrons. The van der Waals surface area contributed by atoms with Gasteiger partial charge in [0.15, 0.2) is 0 Å². The van der Waals surface area contributed by atoms with Crippen LogP contribution >= 0.6 is 11.6 Å². The summed E-state index contributed by atoms with van der Waals surface area (Å²) < 4.78 is 1.21. The lowest BCUT2D eigenvalue weighted by molar-refractivity contribution is -0.122. The standard InChI is InChI=1S/C22H27ClN4O2/c23-18-8-2-1-7-17(18)19-10-11-22(29)27(25-19)15-21(28)24-14-16-6-5-13-26-12-4-3-9-20(16)26/h1-2,7-8,10-11,16,20H,3-6,9,12-15H2,(H,24,28)/t16-,20+/m0/s1. The number of hydrogen-bond donors (Lipinski definition) is 1. The third-order valence-corrected chi connectivity index (χ3v) is 6.43. The summed E-state index contributed by atoms with van der Waals surface area (Å²) in [6.07, 6.45) is 6.13. The fourth-order valence-corrected chi connectivity index (χ4v) is 4.86. The Morgan fingerprint density at radius 2 is 1.93 bits per heavy atom. The van der Waals surface area contributed by atoms with Gasteiger partial charge in [-0.1, -0.05) is 36.2 Å². The molecule has 2 aromatic rings. The average Bonchev–Trinajstić information content (AvgIpc) is 2.74. The van der Waals surface area contributed by atoms with Crippen LogP contribution in [0.1, 0.15) is 32.1 Å². The smallest absolute Gasteiger partial charge is 0.267 e. The minimum Gasteiger partial charge on any atom is -0.354 e. The molecule has 0 saturated carbocycles. The summed E-state index contributed by atoms with van der Waals surface area (Å²) >= 11 is 6.24. The largest absolute Gasteiger partial charge is 0.354 e. The maximum Gasteiger partial charge on any atom is 0.267 e. The van der Waals surface area contributed by atoms with Crippen LogP contribution in [0.5, 0.6) is 0 Å². The van der Waals surface area contributed by atoms with Crippen molar-refractivity contribution in [3.63, 3.8) is 0 Å². The van der Waals surface area contributed by atoms with E-state index in [1.165, 1.54) is 49.5 Å². The number of nitrogens with one attached hydrogen (secondary N) is 1. The van der Waals surface area contributed by atoms with Gasteiger partial charge in [0.1, 0.15) is 6.54 Å². The number of amides is 1. The van der Waals surface area contributed by atoms with Gasteiger partial charge in [0.2, 0.25) is 5.91 Å². The molecular formula is C22H27ClN4O2. The van der Waals surface area contributed by atoms with E-state index in [1.807, 2.05) is 18.2 Å². The second kappa shape index (κ2) is 9.09. The number of fused-ring (bicyclic) bond motifs is 1.